The zero-order chi connectivity index (χ0) is 24.8. The third-order valence-electron chi connectivity index (χ3n) is 7.47. The van der Waals surface area contributed by atoms with Gasteiger partial charge >= 0.3 is 0 Å². The van der Waals surface area contributed by atoms with Crippen LogP contribution in [0.4, 0.5) is 5.69 Å². The molecule has 3 aliphatic rings. The number of H-pyrrole nitrogens is 1. The van der Waals surface area contributed by atoms with Crippen LogP contribution in [0.3, 0.4) is 0 Å². The Morgan fingerprint density at radius 3 is 2.77 bits per heavy atom. The predicted molar refractivity (Wildman–Crippen MR) is 132 cm³/mol. The van der Waals surface area contributed by atoms with Gasteiger partial charge in [-0.2, -0.15) is 5.26 Å². The Labute approximate surface area is 205 Å². The number of aromatic amines is 1. The van der Waals surface area contributed by atoms with Crippen molar-refractivity contribution in [3.63, 3.8) is 0 Å². The molecule has 2 aromatic rings. The normalized spacial score (nSPS) is 27.1. The van der Waals surface area contributed by atoms with E-state index in [1.807, 2.05) is 18.2 Å². The van der Waals surface area contributed by atoms with Crippen molar-refractivity contribution in [3.05, 3.63) is 53.4 Å². The van der Waals surface area contributed by atoms with Crippen LogP contribution in [0.2, 0.25) is 0 Å². The molecule has 1 amide bonds. The van der Waals surface area contributed by atoms with E-state index < -0.39 is 17.1 Å². The molecule has 2 aliphatic heterocycles. The molecule has 0 spiro atoms. The Morgan fingerprint density at radius 2 is 2.09 bits per heavy atom. The molecular weight excluding hydrogens is 442 g/mol. The van der Waals surface area contributed by atoms with Gasteiger partial charge in [-0.3, -0.25) is 4.79 Å². The maximum atomic E-state index is 12.9. The first-order valence-electron chi connectivity index (χ1n) is 12.1. The number of nitrogens with zero attached hydrogens (tertiary/aromatic N) is 3. The van der Waals surface area contributed by atoms with Crippen molar-refractivity contribution in [2.45, 2.75) is 70.5 Å². The lowest BCUT2D eigenvalue weighted by molar-refractivity contribution is -0.100. The number of imidazole rings is 1. The number of aliphatic hydroxyl groups is 1. The van der Waals surface area contributed by atoms with E-state index in [1.54, 1.807) is 0 Å². The van der Waals surface area contributed by atoms with Crippen LogP contribution in [-0.4, -0.2) is 43.8 Å². The van der Waals surface area contributed by atoms with Crippen molar-refractivity contribution in [2.24, 2.45) is 5.41 Å². The highest BCUT2D eigenvalue weighted by molar-refractivity contribution is 6.03. The molecule has 8 heteroatoms. The molecule has 2 atom stereocenters. The minimum absolute atomic E-state index is 0.0189. The van der Waals surface area contributed by atoms with Crippen molar-refractivity contribution in [1.29, 1.82) is 5.26 Å². The van der Waals surface area contributed by atoms with E-state index in [0.29, 0.717) is 12.1 Å². The summed E-state index contributed by atoms with van der Waals surface area (Å²) in [6.45, 7) is 6.56. The minimum atomic E-state index is -0.556. The van der Waals surface area contributed by atoms with Gasteiger partial charge in [0.1, 0.15) is 11.8 Å². The van der Waals surface area contributed by atoms with Gasteiger partial charge in [0.15, 0.2) is 5.82 Å². The van der Waals surface area contributed by atoms with Crippen LogP contribution in [0.1, 0.15) is 87.0 Å². The van der Waals surface area contributed by atoms with Gasteiger partial charge in [0.2, 0.25) is 0 Å². The number of nitriles is 1. The van der Waals surface area contributed by atoms with E-state index in [9.17, 15) is 9.90 Å². The Morgan fingerprint density at radius 1 is 1.26 bits per heavy atom. The largest absolute Gasteiger partial charge is 0.393 e. The molecule has 2 unspecified atom stereocenters. The summed E-state index contributed by atoms with van der Waals surface area (Å²) in [5, 5.41) is 22.0. The minimum Gasteiger partial charge on any atom is -0.393 e. The fourth-order valence-electron chi connectivity index (χ4n) is 5.35. The lowest BCUT2D eigenvalue weighted by atomic mass is 9.77. The van der Waals surface area contributed by atoms with Gasteiger partial charge in [-0.25, -0.2) is 9.97 Å². The molecule has 2 bridgehead atoms. The Balaban J connectivity index is 1.52. The lowest BCUT2D eigenvalue weighted by Gasteiger charge is -2.36. The fourth-order valence-corrected chi connectivity index (χ4v) is 5.35. The van der Waals surface area contributed by atoms with E-state index in [0.717, 1.165) is 54.6 Å². The van der Waals surface area contributed by atoms with Crippen LogP contribution in [0.15, 0.2) is 30.5 Å². The molecule has 1 aliphatic carbocycles. The van der Waals surface area contributed by atoms with Gasteiger partial charge in [-0.05, 0) is 73.8 Å². The van der Waals surface area contributed by atoms with Crippen molar-refractivity contribution < 1.29 is 14.6 Å². The van der Waals surface area contributed by atoms with Crippen molar-refractivity contribution in [2.75, 3.05) is 11.9 Å². The number of carbonyl (C=O) groups excluding carboxylic acids is 1. The maximum Gasteiger partial charge on any atom is 0.291 e. The number of hydrogen-bond acceptors (Lipinski definition) is 6. The topological polar surface area (TPSA) is 124 Å². The number of rotatable bonds is 5. The number of pyridine rings is 1. The van der Waals surface area contributed by atoms with Gasteiger partial charge in [-0.15, -0.1) is 0 Å². The smallest absolute Gasteiger partial charge is 0.291 e. The number of amides is 1. The van der Waals surface area contributed by atoms with Crippen molar-refractivity contribution in [1.82, 2.24) is 15.0 Å². The number of aliphatic hydroxyl groups excluding tert-OH is 1. The first-order valence-corrected chi connectivity index (χ1v) is 12.1. The van der Waals surface area contributed by atoms with E-state index in [2.05, 4.69) is 48.2 Å². The summed E-state index contributed by atoms with van der Waals surface area (Å²) in [7, 11) is 0. The number of fused-ring (bicyclic) bond motifs is 2. The van der Waals surface area contributed by atoms with E-state index in [1.165, 1.54) is 6.20 Å². The van der Waals surface area contributed by atoms with Crippen LogP contribution in [0.5, 0.6) is 0 Å². The maximum absolute atomic E-state index is 12.9. The highest BCUT2D eigenvalue weighted by Gasteiger charge is 2.49. The first-order chi connectivity index (χ1) is 16.6. The molecule has 5 rings (SSSR count). The molecular formula is C27H31N5O3. The highest BCUT2D eigenvalue weighted by Crippen LogP contribution is 2.49. The van der Waals surface area contributed by atoms with Crippen LogP contribution in [0.25, 0.3) is 11.1 Å². The van der Waals surface area contributed by atoms with Crippen LogP contribution < -0.4 is 5.32 Å². The average molecular weight is 474 g/mol. The first kappa shape index (κ1) is 23.5. The van der Waals surface area contributed by atoms with Gasteiger partial charge in [0, 0.05) is 6.42 Å². The summed E-state index contributed by atoms with van der Waals surface area (Å²) in [5.41, 5.74) is 3.87. The number of nitrogens with one attached hydrogen (secondary N) is 2. The van der Waals surface area contributed by atoms with E-state index in [-0.39, 0.29) is 23.5 Å². The van der Waals surface area contributed by atoms with Crippen molar-refractivity contribution in [3.8, 4) is 6.07 Å². The number of hydrogen-bond donors (Lipinski definition) is 3. The standard InChI is InChI=1S/C27H31N5O3/c1-25(2)8-6-17(7-9-25)22-21(32-24(34)23-29-15-19(14-28)30-23)5-4-20(31-22)18-12-26(3)10-11-27(13-18,16-33)35-26/h4-6,12,15,33H,7-11,13,16H2,1-3H3,(H,29,30)(H,32,34). The third-order valence-corrected chi connectivity index (χ3v) is 7.47. The van der Waals surface area contributed by atoms with Crippen LogP contribution in [-0.2, 0) is 4.74 Å². The van der Waals surface area contributed by atoms with Gasteiger partial charge in [0.05, 0.1) is 41.1 Å². The lowest BCUT2D eigenvalue weighted by Crippen LogP contribution is -2.40. The highest BCUT2D eigenvalue weighted by atomic mass is 16.5. The molecule has 1 saturated heterocycles. The molecule has 35 heavy (non-hydrogen) atoms. The number of allylic oxidation sites excluding steroid dienone is 2. The number of carbonyl (C=O) groups is 1. The predicted octanol–water partition coefficient (Wildman–Crippen LogP) is 4.61. The second kappa shape index (κ2) is 8.43. The molecule has 182 valence electrons. The van der Waals surface area contributed by atoms with Gasteiger partial charge in [0.25, 0.3) is 5.91 Å². The average Bonchev–Trinajstić information content (AvgIpc) is 3.41. The molecule has 0 saturated carbocycles. The van der Waals surface area contributed by atoms with E-state index >= 15 is 0 Å². The molecule has 3 N–H and O–H groups in total. The molecule has 8 nitrogen and oxygen atoms in total. The van der Waals surface area contributed by atoms with Gasteiger partial charge < -0.3 is 20.1 Å². The quantitative estimate of drug-likeness (QED) is 0.583. The zero-order valence-electron chi connectivity index (χ0n) is 20.4. The second-order valence-electron chi connectivity index (χ2n) is 11.0. The number of ether oxygens (including phenoxy) is 1. The number of anilines is 1. The SMILES string of the molecule is CC1(C)CC=C(c2nc(C3=CC4(C)CCC(CO)(C3)O4)ccc2NC(=O)c2ncc(C#N)[nH]2)CC1. The summed E-state index contributed by atoms with van der Waals surface area (Å²) in [6.07, 6.45) is 10.8. The van der Waals surface area contributed by atoms with E-state index in [4.69, 9.17) is 15.0 Å². The molecule has 1 fully saturated rings. The molecule has 0 aromatic carbocycles. The Hall–Kier alpha value is -3.28. The Bertz CT molecular complexity index is 1280. The molecule has 0 radical (unpaired) electrons. The zero-order valence-corrected chi connectivity index (χ0v) is 20.4. The fraction of sp³-hybridized carbons (Fsp3) is 0.481. The molecule has 4 heterocycles. The summed E-state index contributed by atoms with van der Waals surface area (Å²) >= 11 is 0. The molecule has 2 aromatic heterocycles. The third kappa shape index (κ3) is 4.54. The van der Waals surface area contributed by atoms with Crippen molar-refractivity contribution >= 4 is 22.7 Å². The summed E-state index contributed by atoms with van der Waals surface area (Å²) in [5.74, 6) is -0.342. The monoisotopic (exact) mass is 473 g/mol. The van der Waals surface area contributed by atoms with Gasteiger partial charge in [-0.1, -0.05) is 19.9 Å². The summed E-state index contributed by atoms with van der Waals surface area (Å²) < 4.78 is 6.22. The summed E-state index contributed by atoms with van der Waals surface area (Å²) in [6, 6.07) is 5.75. The van der Waals surface area contributed by atoms with Crippen LogP contribution >= 0.6 is 0 Å². The summed E-state index contributed by atoms with van der Waals surface area (Å²) in [4.78, 5) is 24.7. The number of aromatic nitrogens is 3. The Kier molecular flexibility index (Phi) is 5.65. The second-order valence-corrected chi connectivity index (χ2v) is 11.0. The van der Waals surface area contributed by atoms with Crippen LogP contribution in [0, 0.1) is 16.7 Å².